The Kier molecular flexibility index (Phi) is 7.44. The van der Waals surface area contributed by atoms with Gasteiger partial charge in [-0.25, -0.2) is 13.1 Å². The molecule has 0 bridgehead atoms. The van der Waals surface area contributed by atoms with Gasteiger partial charge in [0.05, 0.1) is 5.69 Å². The van der Waals surface area contributed by atoms with E-state index in [0.29, 0.717) is 5.69 Å². The van der Waals surface area contributed by atoms with Crippen molar-refractivity contribution in [2.45, 2.75) is 70.7 Å². The second-order valence-electron chi connectivity index (χ2n) is 7.46. The van der Waals surface area contributed by atoms with E-state index >= 15 is 0 Å². The van der Waals surface area contributed by atoms with Crippen LogP contribution in [0.1, 0.15) is 60.1 Å². The number of hydrogen-bond donors (Lipinski definition) is 1. The predicted molar refractivity (Wildman–Crippen MR) is 98.7 cm³/mol. The van der Waals surface area contributed by atoms with Crippen LogP contribution in [0.2, 0.25) is 0 Å². The Hall–Kier alpha value is -0.920. The number of aryl methyl sites for hydroxylation is 1. The molecule has 1 heterocycles. The maximum atomic E-state index is 12.8. The normalized spacial score (nSPS) is 14.3. The van der Waals surface area contributed by atoms with Crippen LogP contribution in [-0.2, 0) is 22.5 Å². The summed E-state index contributed by atoms with van der Waals surface area (Å²) in [6, 6.07) is -0.0985. The Morgan fingerprint density at radius 2 is 1.88 bits per heavy atom. The van der Waals surface area contributed by atoms with Gasteiger partial charge in [0.1, 0.15) is 4.90 Å². The van der Waals surface area contributed by atoms with Gasteiger partial charge in [0.25, 0.3) is 0 Å². The molecule has 1 aromatic rings. The lowest BCUT2D eigenvalue weighted by atomic mass is 9.92. The first-order chi connectivity index (χ1) is 11.0. The van der Waals surface area contributed by atoms with Crippen LogP contribution in [0.3, 0.4) is 0 Å². The molecule has 0 aromatic carbocycles. The fourth-order valence-corrected chi connectivity index (χ4v) is 4.40. The van der Waals surface area contributed by atoms with E-state index in [1.54, 1.807) is 17.9 Å². The average molecular weight is 359 g/mol. The van der Waals surface area contributed by atoms with Crippen molar-refractivity contribution in [2.75, 3.05) is 19.6 Å². The maximum absolute atomic E-state index is 12.8. The van der Waals surface area contributed by atoms with Crippen molar-refractivity contribution >= 4 is 10.0 Å². The summed E-state index contributed by atoms with van der Waals surface area (Å²) in [5.74, 6) is 0. The number of nitrogens with zero attached hydrogens (tertiary/aromatic N) is 3. The van der Waals surface area contributed by atoms with E-state index < -0.39 is 10.0 Å². The van der Waals surface area contributed by atoms with Crippen molar-refractivity contribution in [3.8, 4) is 0 Å². The van der Waals surface area contributed by atoms with Gasteiger partial charge in [-0.1, -0.05) is 34.6 Å². The fourth-order valence-electron chi connectivity index (χ4n) is 2.73. The van der Waals surface area contributed by atoms with Crippen molar-refractivity contribution in [2.24, 2.45) is 7.05 Å². The van der Waals surface area contributed by atoms with Crippen LogP contribution in [0.15, 0.2) is 11.1 Å². The zero-order valence-corrected chi connectivity index (χ0v) is 17.1. The topological polar surface area (TPSA) is 67.2 Å². The van der Waals surface area contributed by atoms with Crippen LogP contribution >= 0.6 is 0 Å². The minimum absolute atomic E-state index is 0.0985. The summed E-state index contributed by atoms with van der Waals surface area (Å²) in [6.07, 6.45) is 3.39. The molecule has 24 heavy (non-hydrogen) atoms. The summed E-state index contributed by atoms with van der Waals surface area (Å²) in [5.41, 5.74) is 0.282. The molecule has 0 fully saturated rings. The Bertz CT molecular complexity index is 613. The molecule has 1 N–H and O–H groups in total. The first-order valence-electron chi connectivity index (χ1n) is 8.80. The van der Waals surface area contributed by atoms with Gasteiger partial charge >= 0.3 is 0 Å². The van der Waals surface area contributed by atoms with E-state index in [1.807, 2.05) is 27.7 Å². The van der Waals surface area contributed by atoms with E-state index in [2.05, 4.69) is 28.6 Å². The minimum Gasteiger partial charge on any atom is -0.304 e. The number of rotatable bonds is 9. The van der Waals surface area contributed by atoms with Gasteiger partial charge in [-0.05, 0) is 39.4 Å². The first kappa shape index (κ1) is 21.1. The molecule has 140 valence electrons. The summed E-state index contributed by atoms with van der Waals surface area (Å²) in [4.78, 5) is 2.63. The van der Waals surface area contributed by atoms with E-state index in [-0.39, 0.29) is 16.4 Å². The molecular weight excluding hydrogens is 324 g/mol. The van der Waals surface area contributed by atoms with Crippen molar-refractivity contribution in [1.29, 1.82) is 0 Å². The van der Waals surface area contributed by atoms with Gasteiger partial charge in [-0.3, -0.25) is 4.68 Å². The average Bonchev–Trinajstić information content (AvgIpc) is 2.86. The molecule has 1 rings (SSSR count). The molecule has 0 spiro atoms. The molecule has 0 aliphatic carbocycles. The van der Waals surface area contributed by atoms with Crippen LogP contribution in [-0.4, -0.2) is 48.8 Å². The van der Waals surface area contributed by atoms with Gasteiger partial charge in [-0.2, -0.15) is 5.10 Å². The summed E-state index contributed by atoms with van der Waals surface area (Å²) in [6.45, 7) is 15.2. The standard InChI is InChI=1S/C17H34N4O2S/c1-8-21(9-2)12-10-11-14(3)19-24(22,23)15-13-20(7)18-16(15)17(4,5)6/h13-14,19H,8-12H2,1-7H3. The highest BCUT2D eigenvalue weighted by Crippen LogP contribution is 2.27. The summed E-state index contributed by atoms with van der Waals surface area (Å²) in [7, 11) is -1.81. The minimum atomic E-state index is -3.56. The fraction of sp³-hybridized carbons (Fsp3) is 0.824. The lowest BCUT2D eigenvalue weighted by Gasteiger charge is -2.21. The lowest BCUT2D eigenvalue weighted by Crippen LogP contribution is -2.34. The molecule has 0 aliphatic rings. The Morgan fingerprint density at radius 3 is 2.38 bits per heavy atom. The summed E-state index contributed by atoms with van der Waals surface area (Å²) >= 11 is 0. The molecule has 1 aromatic heterocycles. The molecule has 0 radical (unpaired) electrons. The largest absolute Gasteiger partial charge is 0.304 e. The first-order valence-corrected chi connectivity index (χ1v) is 10.3. The molecule has 0 aliphatic heterocycles. The van der Waals surface area contributed by atoms with Gasteiger partial charge in [0.15, 0.2) is 0 Å². The molecule has 7 heteroatoms. The lowest BCUT2D eigenvalue weighted by molar-refractivity contribution is 0.293. The third-order valence-electron chi connectivity index (χ3n) is 4.16. The Balaban J connectivity index is 2.77. The Morgan fingerprint density at radius 1 is 1.29 bits per heavy atom. The zero-order valence-electron chi connectivity index (χ0n) is 16.3. The Labute approximate surface area is 147 Å². The molecule has 0 amide bonds. The highest BCUT2D eigenvalue weighted by atomic mass is 32.2. The van der Waals surface area contributed by atoms with E-state index in [0.717, 1.165) is 32.5 Å². The third kappa shape index (κ3) is 5.86. The van der Waals surface area contributed by atoms with E-state index in [4.69, 9.17) is 0 Å². The van der Waals surface area contributed by atoms with Crippen LogP contribution < -0.4 is 4.72 Å². The molecule has 0 saturated carbocycles. The SMILES string of the molecule is CCN(CC)CCCC(C)NS(=O)(=O)c1cn(C)nc1C(C)(C)C. The number of hydrogen-bond acceptors (Lipinski definition) is 4. The number of nitrogens with one attached hydrogen (secondary N) is 1. The molecule has 1 unspecified atom stereocenters. The van der Waals surface area contributed by atoms with Gasteiger partial charge in [0.2, 0.25) is 10.0 Å². The smallest absolute Gasteiger partial charge is 0.244 e. The van der Waals surface area contributed by atoms with E-state index in [9.17, 15) is 8.42 Å². The van der Waals surface area contributed by atoms with Crippen LogP contribution in [0.25, 0.3) is 0 Å². The number of aromatic nitrogens is 2. The predicted octanol–water partition coefficient (Wildman–Crippen LogP) is 2.51. The number of sulfonamides is 1. The van der Waals surface area contributed by atoms with Gasteiger partial charge in [0, 0.05) is 24.7 Å². The van der Waals surface area contributed by atoms with E-state index in [1.165, 1.54) is 0 Å². The molecule has 1 atom stereocenters. The van der Waals surface area contributed by atoms with Crippen molar-refractivity contribution in [1.82, 2.24) is 19.4 Å². The second kappa shape index (κ2) is 8.45. The van der Waals surface area contributed by atoms with Gasteiger partial charge in [-0.15, -0.1) is 0 Å². The quantitative estimate of drug-likeness (QED) is 0.736. The monoisotopic (exact) mass is 358 g/mol. The van der Waals surface area contributed by atoms with Crippen molar-refractivity contribution in [3.63, 3.8) is 0 Å². The van der Waals surface area contributed by atoms with Crippen LogP contribution in [0.4, 0.5) is 0 Å². The van der Waals surface area contributed by atoms with Crippen LogP contribution in [0.5, 0.6) is 0 Å². The highest BCUT2D eigenvalue weighted by molar-refractivity contribution is 7.89. The van der Waals surface area contributed by atoms with Crippen molar-refractivity contribution in [3.05, 3.63) is 11.9 Å². The van der Waals surface area contributed by atoms with Crippen LogP contribution in [0, 0.1) is 0 Å². The molecule has 6 nitrogen and oxygen atoms in total. The second-order valence-corrected chi connectivity index (χ2v) is 9.14. The maximum Gasteiger partial charge on any atom is 0.244 e. The van der Waals surface area contributed by atoms with Gasteiger partial charge < -0.3 is 4.90 Å². The molecular formula is C17H34N4O2S. The third-order valence-corrected chi connectivity index (χ3v) is 5.75. The highest BCUT2D eigenvalue weighted by Gasteiger charge is 2.30. The zero-order chi connectivity index (χ0) is 18.5. The molecule has 0 saturated heterocycles. The van der Waals surface area contributed by atoms with Crippen molar-refractivity contribution < 1.29 is 8.42 Å². The summed E-state index contributed by atoms with van der Waals surface area (Å²) < 4.78 is 29.9. The summed E-state index contributed by atoms with van der Waals surface area (Å²) in [5, 5.41) is 4.35.